The summed E-state index contributed by atoms with van der Waals surface area (Å²) in [6, 6.07) is 6.65. The van der Waals surface area contributed by atoms with Gasteiger partial charge < -0.3 is 10.6 Å². The van der Waals surface area contributed by atoms with Crippen LogP contribution in [0.25, 0.3) is 0 Å². The molecule has 1 aromatic rings. The van der Waals surface area contributed by atoms with E-state index in [1.54, 1.807) is 37.4 Å². The predicted molar refractivity (Wildman–Crippen MR) is 108 cm³/mol. The Morgan fingerprint density at radius 1 is 1.30 bits per heavy atom. The minimum atomic E-state index is -0.499. The number of anilines is 1. The molecule has 0 saturated carbocycles. The molecule has 1 unspecified atom stereocenters. The van der Waals surface area contributed by atoms with Crippen molar-refractivity contribution < 1.29 is 14.4 Å². The van der Waals surface area contributed by atoms with E-state index in [9.17, 15) is 14.4 Å². The van der Waals surface area contributed by atoms with Gasteiger partial charge in [0.15, 0.2) is 5.17 Å². The highest BCUT2D eigenvalue weighted by Gasteiger charge is 2.26. The summed E-state index contributed by atoms with van der Waals surface area (Å²) in [6.45, 7) is 1.86. The third-order valence-corrected chi connectivity index (χ3v) is 4.47. The minimum absolute atomic E-state index is 0.0993. The SMILES string of the molecule is C#CCNC(=O)c1ccccc1NC(=O)CCC1C(=O)N=C(SC)N=C1C. The molecule has 1 heterocycles. The molecule has 2 N–H and O–H groups in total. The molecule has 8 heteroatoms. The summed E-state index contributed by atoms with van der Waals surface area (Å²) in [5, 5.41) is 5.71. The highest BCUT2D eigenvalue weighted by Crippen LogP contribution is 2.20. The second-order valence-electron chi connectivity index (χ2n) is 5.76. The van der Waals surface area contributed by atoms with Gasteiger partial charge in [-0.1, -0.05) is 29.8 Å². The standard InChI is InChI=1S/C19H20N4O3S/c1-4-11-20-17(25)14-7-5-6-8-15(14)22-16(24)10-9-13-12(2)21-19(27-3)23-18(13)26/h1,5-8,13H,9-11H2,2-3H3,(H,20,25)(H,22,24). The number of thioether (sulfide) groups is 1. The van der Waals surface area contributed by atoms with Crippen LogP contribution in [-0.4, -0.2) is 41.4 Å². The number of aliphatic imine (C=N–C) groups is 2. The van der Waals surface area contributed by atoms with Crippen LogP contribution in [0.2, 0.25) is 0 Å². The smallest absolute Gasteiger partial charge is 0.256 e. The molecule has 2 rings (SSSR count). The number of para-hydroxylation sites is 1. The zero-order valence-electron chi connectivity index (χ0n) is 15.1. The van der Waals surface area contributed by atoms with E-state index in [-0.39, 0.29) is 30.7 Å². The van der Waals surface area contributed by atoms with Crippen LogP contribution >= 0.6 is 11.8 Å². The molecule has 3 amide bonds. The molecule has 0 aliphatic carbocycles. The van der Waals surface area contributed by atoms with Gasteiger partial charge in [0.2, 0.25) is 5.91 Å². The molecular weight excluding hydrogens is 364 g/mol. The zero-order valence-corrected chi connectivity index (χ0v) is 15.9. The normalized spacial score (nSPS) is 16.0. The summed E-state index contributed by atoms with van der Waals surface area (Å²) in [6.07, 6.45) is 7.35. The lowest BCUT2D eigenvalue weighted by Gasteiger charge is -2.17. The fourth-order valence-electron chi connectivity index (χ4n) is 2.53. The first-order valence-electron chi connectivity index (χ1n) is 8.28. The third-order valence-electron chi connectivity index (χ3n) is 3.92. The maximum atomic E-state index is 12.3. The Morgan fingerprint density at radius 3 is 2.70 bits per heavy atom. The summed E-state index contributed by atoms with van der Waals surface area (Å²) in [5.41, 5.74) is 1.36. The molecular formula is C19H20N4O3S. The first-order chi connectivity index (χ1) is 13.0. The van der Waals surface area contributed by atoms with Crippen LogP contribution in [0.5, 0.6) is 0 Å². The van der Waals surface area contributed by atoms with Crippen molar-refractivity contribution >= 4 is 46.1 Å². The first kappa shape index (κ1) is 20.4. The Balaban J connectivity index is 1.98. The molecule has 27 heavy (non-hydrogen) atoms. The monoisotopic (exact) mass is 384 g/mol. The van der Waals surface area contributed by atoms with Gasteiger partial charge in [-0.15, -0.1) is 6.42 Å². The number of amides is 3. The van der Waals surface area contributed by atoms with Crippen LogP contribution in [-0.2, 0) is 9.59 Å². The molecule has 0 radical (unpaired) electrons. The highest BCUT2D eigenvalue weighted by atomic mass is 32.2. The molecule has 7 nitrogen and oxygen atoms in total. The van der Waals surface area contributed by atoms with Crippen molar-refractivity contribution in [3.05, 3.63) is 29.8 Å². The molecule has 1 aliphatic rings. The lowest BCUT2D eigenvalue weighted by molar-refractivity contribution is -0.120. The molecule has 0 spiro atoms. The maximum Gasteiger partial charge on any atom is 0.256 e. The van der Waals surface area contributed by atoms with E-state index >= 15 is 0 Å². The lowest BCUT2D eigenvalue weighted by Crippen LogP contribution is -2.28. The molecule has 0 aromatic heterocycles. The number of nitrogens with zero attached hydrogens (tertiary/aromatic N) is 2. The molecule has 1 aromatic carbocycles. The molecule has 140 valence electrons. The van der Waals surface area contributed by atoms with Crippen LogP contribution in [0, 0.1) is 18.3 Å². The van der Waals surface area contributed by atoms with Gasteiger partial charge in [0.1, 0.15) is 0 Å². The molecule has 1 aliphatic heterocycles. The van der Waals surface area contributed by atoms with E-state index in [0.717, 1.165) is 0 Å². The number of carbonyl (C=O) groups is 3. The van der Waals surface area contributed by atoms with Gasteiger partial charge in [0, 0.05) is 12.1 Å². The van der Waals surface area contributed by atoms with Gasteiger partial charge in [-0.25, -0.2) is 4.99 Å². The largest absolute Gasteiger partial charge is 0.341 e. The number of benzene rings is 1. The fourth-order valence-corrected chi connectivity index (χ4v) is 2.95. The summed E-state index contributed by atoms with van der Waals surface area (Å²) in [4.78, 5) is 44.7. The van der Waals surface area contributed by atoms with Crippen molar-refractivity contribution in [3.63, 3.8) is 0 Å². The predicted octanol–water partition coefficient (Wildman–Crippen LogP) is 2.10. The van der Waals surface area contributed by atoms with Crippen LogP contribution in [0.4, 0.5) is 5.69 Å². The summed E-state index contributed by atoms with van der Waals surface area (Å²) in [7, 11) is 0. The number of rotatable bonds is 6. The van der Waals surface area contributed by atoms with Gasteiger partial charge in [0.25, 0.3) is 11.8 Å². The quantitative estimate of drug-likeness (QED) is 0.734. The summed E-state index contributed by atoms with van der Waals surface area (Å²) in [5.74, 6) is 0.877. The van der Waals surface area contributed by atoms with Crippen LogP contribution < -0.4 is 10.6 Å². The number of hydrogen-bond acceptors (Lipinski definition) is 5. The second kappa shape index (κ2) is 9.69. The Morgan fingerprint density at radius 2 is 2.04 bits per heavy atom. The Bertz CT molecular complexity index is 855. The molecule has 1 atom stereocenters. The average Bonchev–Trinajstić information content (AvgIpc) is 2.65. The van der Waals surface area contributed by atoms with Crippen LogP contribution in [0.3, 0.4) is 0 Å². The van der Waals surface area contributed by atoms with Gasteiger partial charge in [-0.3, -0.25) is 14.4 Å². The first-order valence-corrected chi connectivity index (χ1v) is 9.51. The van der Waals surface area contributed by atoms with Crippen LogP contribution in [0.1, 0.15) is 30.1 Å². The molecule has 0 saturated heterocycles. The number of hydrogen-bond donors (Lipinski definition) is 2. The van der Waals surface area contributed by atoms with E-state index in [4.69, 9.17) is 6.42 Å². The van der Waals surface area contributed by atoms with E-state index < -0.39 is 5.92 Å². The van der Waals surface area contributed by atoms with E-state index in [1.807, 2.05) is 0 Å². The highest BCUT2D eigenvalue weighted by molar-refractivity contribution is 8.13. The van der Waals surface area contributed by atoms with Crippen molar-refractivity contribution in [1.29, 1.82) is 0 Å². The average molecular weight is 384 g/mol. The molecule has 0 fully saturated rings. The summed E-state index contributed by atoms with van der Waals surface area (Å²) < 4.78 is 0. The Hall–Kier alpha value is -2.92. The number of terminal acetylenes is 1. The van der Waals surface area contributed by atoms with Crippen molar-refractivity contribution in [2.75, 3.05) is 18.1 Å². The fraction of sp³-hybridized carbons (Fsp3) is 0.316. The summed E-state index contributed by atoms with van der Waals surface area (Å²) >= 11 is 1.30. The Kier molecular flexibility index (Phi) is 7.32. The second-order valence-corrected chi connectivity index (χ2v) is 6.54. The Labute approximate surface area is 162 Å². The van der Waals surface area contributed by atoms with Crippen LogP contribution in [0.15, 0.2) is 34.3 Å². The topological polar surface area (TPSA) is 100.0 Å². The van der Waals surface area contributed by atoms with E-state index in [2.05, 4.69) is 26.5 Å². The number of amidine groups is 1. The zero-order chi connectivity index (χ0) is 19.8. The molecule has 0 bridgehead atoms. The third kappa shape index (κ3) is 5.53. The van der Waals surface area contributed by atoms with Crippen molar-refractivity contribution in [2.45, 2.75) is 19.8 Å². The van der Waals surface area contributed by atoms with E-state index in [1.165, 1.54) is 11.8 Å². The van der Waals surface area contributed by atoms with Gasteiger partial charge in [-0.2, -0.15) is 4.99 Å². The van der Waals surface area contributed by atoms with E-state index in [0.29, 0.717) is 28.6 Å². The van der Waals surface area contributed by atoms with Crippen molar-refractivity contribution in [2.24, 2.45) is 15.9 Å². The maximum absolute atomic E-state index is 12.3. The van der Waals surface area contributed by atoms with Crippen molar-refractivity contribution in [1.82, 2.24) is 5.32 Å². The lowest BCUT2D eigenvalue weighted by atomic mass is 9.96. The van der Waals surface area contributed by atoms with Gasteiger partial charge in [-0.05, 0) is 31.7 Å². The number of carbonyl (C=O) groups excluding carboxylic acids is 3. The minimum Gasteiger partial charge on any atom is -0.341 e. The van der Waals surface area contributed by atoms with Crippen molar-refractivity contribution in [3.8, 4) is 12.3 Å². The number of nitrogens with one attached hydrogen (secondary N) is 2. The van der Waals surface area contributed by atoms with Gasteiger partial charge >= 0.3 is 0 Å². The van der Waals surface area contributed by atoms with Gasteiger partial charge in [0.05, 0.1) is 23.7 Å².